The Balaban J connectivity index is 0. The van der Waals surface area contributed by atoms with Gasteiger partial charge in [-0.2, -0.15) is 0 Å². The molecule has 0 aliphatic heterocycles. The second kappa shape index (κ2) is 20.2. The summed E-state index contributed by atoms with van der Waals surface area (Å²) in [6.45, 7) is 0. The molecule has 0 bridgehead atoms. The van der Waals surface area contributed by atoms with Crippen LogP contribution in [0.5, 0.6) is 0 Å². The van der Waals surface area contributed by atoms with Gasteiger partial charge in [0.15, 0.2) is 0 Å². The van der Waals surface area contributed by atoms with E-state index in [0.29, 0.717) is 0 Å². The van der Waals surface area contributed by atoms with Gasteiger partial charge in [-0.15, -0.1) is 0 Å². The molecule has 4 heteroatoms. The van der Waals surface area contributed by atoms with Crippen molar-refractivity contribution < 1.29 is 50.2 Å². The van der Waals surface area contributed by atoms with Gasteiger partial charge in [0.05, 0.1) is 0 Å². The Labute approximate surface area is 67.0 Å². The Morgan fingerprint density at radius 2 is 0.750 bits per heavy atom. The fraction of sp³-hybridized carbons (Fsp3) is 0. The summed E-state index contributed by atoms with van der Waals surface area (Å²) in [6.07, 6.45) is 0. The molecule has 0 rings (SSSR count). The quantitative estimate of drug-likeness (QED) is 0.487. The van der Waals surface area contributed by atoms with Gasteiger partial charge in [0.25, 0.3) is 0 Å². The van der Waals surface area contributed by atoms with Crippen LogP contribution in [0.4, 0.5) is 0 Å². The van der Waals surface area contributed by atoms with E-state index < -0.39 is 0 Å². The third kappa shape index (κ3) is 9.02. The van der Waals surface area contributed by atoms with E-state index in [1.54, 1.807) is 0 Å². The SMILES string of the molecule is [Al+3].[O-2].[Ta+5].[Ta+5]. The van der Waals surface area contributed by atoms with E-state index in [4.69, 9.17) is 0 Å². The van der Waals surface area contributed by atoms with Crippen molar-refractivity contribution in [3.8, 4) is 0 Å². The summed E-state index contributed by atoms with van der Waals surface area (Å²) >= 11 is 0. The van der Waals surface area contributed by atoms with Crippen LogP contribution in [0, 0.1) is 0 Å². The normalized spacial score (nSPS) is 0. The molecule has 0 aromatic rings. The van der Waals surface area contributed by atoms with Crippen LogP contribution in [0.15, 0.2) is 0 Å². The van der Waals surface area contributed by atoms with Gasteiger partial charge < -0.3 is 5.48 Å². The predicted molar refractivity (Wildman–Crippen MR) is 6.44 cm³/mol. The molecule has 0 spiro atoms. The molecular weight excluding hydrogens is 405 g/mol. The van der Waals surface area contributed by atoms with E-state index in [9.17, 15) is 0 Å². The molecule has 0 amide bonds. The molecule has 0 fully saturated rings. The molecule has 0 N–H and O–H groups in total. The van der Waals surface area contributed by atoms with Crippen molar-refractivity contribution in [1.29, 1.82) is 0 Å². The third-order valence-electron chi connectivity index (χ3n) is 0. The number of hydrogen-bond donors (Lipinski definition) is 0. The average molecular weight is 405 g/mol. The van der Waals surface area contributed by atoms with E-state index in [0.717, 1.165) is 0 Å². The Hall–Kier alpha value is 1.97. The van der Waals surface area contributed by atoms with Gasteiger partial charge in [-0.05, 0) is 0 Å². The molecule has 1 nitrogen and oxygen atoms in total. The van der Waals surface area contributed by atoms with Crippen molar-refractivity contribution in [1.82, 2.24) is 0 Å². The van der Waals surface area contributed by atoms with E-state index in [-0.39, 0.29) is 67.6 Å². The molecule has 0 heterocycles. The third-order valence-corrected chi connectivity index (χ3v) is 0. The first kappa shape index (κ1) is 37.9. The molecular formula is AlOTa2+11. The van der Waals surface area contributed by atoms with Crippen LogP contribution in [0.2, 0.25) is 0 Å². The average Bonchev–Trinajstić information content (AvgIpc) is 0. The van der Waals surface area contributed by atoms with Gasteiger partial charge in [0, 0.05) is 0 Å². The summed E-state index contributed by atoms with van der Waals surface area (Å²) in [5.41, 5.74) is 0. The zero-order valence-electron chi connectivity index (χ0n) is 1.88. The minimum absolute atomic E-state index is 0. The molecule has 0 atom stereocenters. The Bertz CT molecular complexity index is 6.00. The molecule has 8 valence electrons. The van der Waals surface area contributed by atoms with Crippen LogP contribution in [0.25, 0.3) is 0 Å². The minimum Gasteiger partial charge on any atom is -2.00 e. The molecule has 0 aliphatic carbocycles. The fourth-order valence-corrected chi connectivity index (χ4v) is 0. The van der Waals surface area contributed by atoms with Crippen molar-refractivity contribution in [3.05, 3.63) is 0 Å². The molecule has 0 radical (unpaired) electrons. The Morgan fingerprint density at radius 3 is 0.750 bits per heavy atom. The van der Waals surface area contributed by atoms with Gasteiger partial charge in [0.1, 0.15) is 0 Å². The summed E-state index contributed by atoms with van der Waals surface area (Å²) in [6, 6.07) is 0. The Kier molecular flexibility index (Phi) is 191. The van der Waals surface area contributed by atoms with Crippen LogP contribution in [0.3, 0.4) is 0 Å². The molecule has 0 unspecified atom stereocenters. The second-order valence-electron chi connectivity index (χ2n) is 0. The fourth-order valence-electron chi connectivity index (χ4n) is 0. The van der Waals surface area contributed by atoms with Crippen molar-refractivity contribution >= 4 is 17.4 Å². The van der Waals surface area contributed by atoms with Crippen LogP contribution in [0.1, 0.15) is 0 Å². The molecule has 4 heavy (non-hydrogen) atoms. The van der Waals surface area contributed by atoms with Gasteiger partial charge in [-0.25, -0.2) is 0 Å². The Morgan fingerprint density at radius 1 is 0.750 bits per heavy atom. The molecule has 0 aliphatic rings. The summed E-state index contributed by atoms with van der Waals surface area (Å²) in [5.74, 6) is 0. The summed E-state index contributed by atoms with van der Waals surface area (Å²) in [7, 11) is 0. The number of rotatable bonds is 0. The smallest absolute Gasteiger partial charge is 2.00 e. The summed E-state index contributed by atoms with van der Waals surface area (Å²) < 4.78 is 0. The predicted octanol–water partition coefficient (Wildman–Crippen LogP) is -0.505. The standard InChI is InChI=1S/Al.O.2Ta/q+3;-2;2*+5. The molecule has 0 saturated carbocycles. The van der Waals surface area contributed by atoms with Gasteiger partial charge in [-0.1, -0.05) is 0 Å². The van der Waals surface area contributed by atoms with Crippen molar-refractivity contribution in [2.75, 3.05) is 0 Å². The first-order valence-corrected chi connectivity index (χ1v) is 0. The van der Waals surface area contributed by atoms with E-state index in [1.165, 1.54) is 0 Å². The summed E-state index contributed by atoms with van der Waals surface area (Å²) in [5, 5.41) is 0. The molecule has 0 aromatic heterocycles. The van der Waals surface area contributed by atoms with Gasteiger partial charge in [0.2, 0.25) is 0 Å². The largest absolute Gasteiger partial charge is 5.00 e. The maximum absolute atomic E-state index is 0. The van der Waals surface area contributed by atoms with Crippen LogP contribution in [-0.4, -0.2) is 17.4 Å². The number of hydrogen-bond acceptors (Lipinski definition) is 0. The monoisotopic (exact) mass is 405 g/mol. The van der Waals surface area contributed by atoms with Gasteiger partial charge in [-0.3, -0.25) is 0 Å². The van der Waals surface area contributed by atoms with Gasteiger partial charge >= 0.3 is 62.1 Å². The second-order valence-corrected chi connectivity index (χ2v) is 0. The van der Waals surface area contributed by atoms with E-state index in [2.05, 4.69) is 0 Å². The topological polar surface area (TPSA) is 28.5 Å². The van der Waals surface area contributed by atoms with E-state index >= 15 is 0 Å². The van der Waals surface area contributed by atoms with E-state index in [1.807, 2.05) is 0 Å². The van der Waals surface area contributed by atoms with Crippen LogP contribution >= 0.6 is 0 Å². The zero-order chi connectivity index (χ0) is 0. The molecule has 0 saturated heterocycles. The molecule has 0 aromatic carbocycles. The van der Waals surface area contributed by atoms with Crippen molar-refractivity contribution in [2.45, 2.75) is 0 Å². The first-order chi connectivity index (χ1) is 0. The summed E-state index contributed by atoms with van der Waals surface area (Å²) in [4.78, 5) is 0. The maximum atomic E-state index is 0. The maximum Gasteiger partial charge on any atom is 5.00 e. The first-order valence-electron chi connectivity index (χ1n) is 0. The zero-order valence-corrected chi connectivity index (χ0v) is 9.46. The van der Waals surface area contributed by atoms with Crippen LogP contribution in [-0.2, 0) is 50.2 Å². The van der Waals surface area contributed by atoms with Crippen LogP contribution < -0.4 is 0 Å². The minimum atomic E-state index is 0. The van der Waals surface area contributed by atoms with Crippen molar-refractivity contribution in [3.63, 3.8) is 0 Å². The van der Waals surface area contributed by atoms with Crippen molar-refractivity contribution in [2.24, 2.45) is 0 Å².